The lowest BCUT2D eigenvalue weighted by Gasteiger charge is -2.29. The summed E-state index contributed by atoms with van der Waals surface area (Å²) in [4.78, 5) is 2.51. The standard InChI is InChI=1S/C10H19NOS/c1-2-13-9-6-10(8-12)4-3-5-11(10)7-9/h9,12H,2-8H2,1H3/t9-,10-/m1/s1. The van der Waals surface area contributed by atoms with Gasteiger partial charge in [-0.15, -0.1) is 0 Å². The Labute approximate surface area is 84.7 Å². The van der Waals surface area contributed by atoms with E-state index in [1.165, 1.54) is 38.1 Å². The Morgan fingerprint density at radius 2 is 2.46 bits per heavy atom. The Hall–Kier alpha value is 0.270. The molecule has 13 heavy (non-hydrogen) atoms. The number of rotatable bonds is 3. The first kappa shape index (κ1) is 9.81. The second-order valence-electron chi connectivity index (χ2n) is 4.21. The molecule has 0 aromatic heterocycles. The van der Waals surface area contributed by atoms with E-state index in [1.807, 2.05) is 0 Å². The molecule has 0 radical (unpaired) electrons. The molecule has 0 aliphatic carbocycles. The zero-order chi connectivity index (χ0) is 9.31. The fourth-order valence-corrected chi connectivity index (χ4v) is 4.02. The van der Waals surface area contributed by atoms with Crippen LogP contribution in [0.25, 0.3) is 0 Å². The maximum absolute atomic E-state index is 9.46. The minimum absolute atomic E-state index is 0.187. The van der Waals surface area contributed by atoms with Crippen molar-refractivity contribution in [2.75, 3.05) is 25.4 Å². The molecule has 0 unspecified atom stereocenters. The van der Waals surface area contributed by atoms with Crippen molar-refractivity contribution >= 4 is 11.8 Å². The van der Waals surface area contributed by atoms with Crippen molar-refractivity contribution in [2.24, 2.45) is 0 Å². The first-order valence-electron chi connectivity index (χ1n) is 5.28. The van der Waals surface area contributed by atoms with Gasteiger partial charge in [-0.25, -0.2) is 0 Å². The van der Waals surface area contributed by atoms with Gasteiger partial charge < -0.3 is 5.11 Å². The highest BCUT2D eigenvalue weighted by Gasteiger charge is 2.47. The molecule has 2 nitrogen and oxygen atoms in total. The van der Waals surface area contributed by atoms with E-state index in [0.29, 0.717) is 6.61 Å². The van der Waals surface area contributed by atoms with Crippen molar-refractivity contribution < 1.29 is 5.11 Å². The van der Waals surface area contributed by atoms with Gasteiger partial charge in [0.15, 0.2) is 0 Å². The van der Waals surface area contributed by atoms with Crippen molar-refractivity contribution in [1.82, 2.24) is 4.90 Å². The molecular weight excluding hydrogens is 182 g/mol. The van der Waals surface area contributed by atoms with Crippen LogP contribution in [0.2, 0.25) is 0 Å². The third-order valence-electron chi connectivity index (χ3n) is 3.47. The summed E-state index contributed by atoms with van der Waals surface area (Å²) in [6.45, 7) is 5.01. The lowest BCUT2D eigenvalue weighted by atomic mass is 9.95. The minimum atomic E-state index is 0.187. The molecule has 1 N–H and O–H groups in total. The molecule has 0 amide bonds. The molecule has 2 saturated heterocycles. The third kappa shape index (κ3) is 1.62. The zero-order valence-corrected chi connectivity index (χ0v) is 9.15. The lowest BCUT2D eigenvalue weighted by molar-refractivity contribution is 0.0999. The Balaban J connectivity index is 2.00. The highest BCUT2D eigenvalue weighted by atomic mass is 32.2. The van der Waals surface area contributed by atoms with Gasteiger partial charge in [0.05, 0.1) is 6.61 Å². The quantitative estimate of drug-likeness (QED) is 0.745. The van der Waals surface area contributed by atoms with Gasteiger partial charge >= 0.3 is 0 Å². The van der Waals surface area contributed by atoms with Crippen molar-refractivity contribution in [3.63, 3.8) is 0 Å². The molecule has 2 atom stereocenters. The minimum Gasteiger partial charge on any atom is -0.394 e. The summed E-state index contributed by atoms with van der Waals surface area (Å²) in [5, 5.41) is 10.2. The van der Waals surface area contributed by atoms with E-state index in [1.54, 1.807) is 0 Å². The number of nitrogens with zero attached hydrogens (tertiary/aromatic N) is 1. The van der Waals surface area contributed by atoms with Crippen LogP contribution in [0.15, 0.2) is 0 Å². The van der Waals surface area contributed by atoms with Crippen LogP contribution < -0.4 is 0 Å². The Morgan fingerprint density at radius 3 is 3.08 bits per heavy atom. The predicted octanol–water partition coefficient (Wildman–Crippen LogP) is 1.34. The third-order valence-corrected chi connectivity index (χ3v) is 4.59. The van der Waals surface area contributed by atoms with Gasteiger partial charge in [-0.3, -0.25) is 4.90 Å². The average molecular weight is 201 g/mol. The summed E-state index contributed by atoms with van der Waals surface area (Å²) in [5.74, 6) is 1.21. The van der Waals surface area contributed by atoms with Gasteiger partial charge in [0, 0.05) is 17.3 Å². The maximum Gasteiger partial charge on any atom is 0.0615 e. The van der Waals surface area contributed by atoms with E-state index in [2.05, 4.69) is 23.6 Å². The number of hydrogen-bond donors (Lipinski definition) is 1. The predicted molar refractivity (Wildman–Crippen MR) is 57.2 cm³/mol. The number of hydrogen-bond acceptors (Lipinski definition) is 3. The number of aliphatic hydroxyl groups excluding tert-OH is 1. The van der Waals surface area contributed by atoms with Crippen LogP contribution in [0, 0.1) is 0 Å². The molecule has 0 spiro atoms. The topological polar surface area (TPSA) is 23.5 Å². The first-order valence-corrected chi connectivity index (χ1v) is 6.33. The highest BCUT2D eigenvalue weighted by Crippen LogP contribution is 2.42. The maximum atomic E-state index is 9.46. The molecule has 0 bridgehead atoms. The summed E-state index contributed by atoms with van der Waals surface area (Å²) >= 11 is 2.06. The second-order valence-corrected chi connectivity index (χ2v) is 5.79. The molecule has 2 fully saturated rings. The van der Waals surface area contributed by atoms with E-state index >= 15 is 0 Å². The van der Waals surface area contributed by atoms with E-state index in [9.17, 15) is 5.11 Å². The average Bonchev–Trinajstić information content (AvgIpc) is 2.61. The van der Waals surface area contributed by atoms with Crippen molar-refractivity contribution in [3.05, 3.63) is 0 Å². The fourth-order valence-electron chi connectivity index (χ4n) is 2.84. The molecule has 0 aromatic rings. The summed E-state index contributed by atoms with van der Waals surface area (Å²) in [5.41, 5.74) is 0.187. The Morgan fingerprint density at radius 1 is 1.62 bits per heavy atom. The van der Waals surface area contributed by atoms with Crippen LogP contribution in [-0.2, 0) is 0 Å². The lowest BCUT2D eigenvalue weighted by Crippen LogP contribution is -2.41. The molecule has 76 valence electrons. The van der Waals surface area contributed by atoms with E-state index in [0.717, 1.165) is 5.25 Å². The smallest absolute Gasteiger partial charge is 0.0615 e. The van der Waals surface area contributed by atoms with E-state index < -0.39 is 0 Å². The zero-order valence-electron chi connectivity index (χ0n) is 8.33. The summed E-state index contributed by atoms with van der Waals surface area (Å²) in [7, 11) is 0. The molecule has 0 aromatic carbocycles. The number of thioether (sulfide) groups is 1. The highest BCUT2D eigenvalue weighted by molar-refractivity contribution is 7.99. The normalized spacial score (nSPS) is 39.7. The summed E-state index contributed by atoms with van der Waals surface area (Å²) in [6.07, 6.45) is 3.70. The van der Waals surface area contributed by atoms with Gasteiger partial charge in [0.25, 0.3) is 0 Å². The van der Waals surface area contributed by atoms with Crippen LogP contribution in [0.3, 0.4) is 0 Å². The van der Waals surface area contributed by atoms with Gasteiger partial charge in [-0.2, -0.15) is 11.8 Å². The fraction of sp³-hybridized carbons (Fsp3) is 1.00. The Kier molecular flexibility index (Phi) is 2.86. The summed E-state index contributed by atoms with van der Waals surface area (Å²) < 4.78 is 0. The molecular formula is C10H19NOS. The molecule has 2 aliphatic rings. The van der Waals surface area contributed by atoms with Gasteiger partial charge in [-0.1, -0.05) is 6.92 Å². The van der Waals surface area contributed by atoms with Gasteiger partial charge in [0.2, 0.25) is 0 Å². The van der Waals surface area contributed by atoms with Crippen molar-refractivity contribution in [1.29, 1.82) is 0 Å². The molecule has 0 saturated carbocycles. The van der Waals surface area contributed by atoms with E-state index in [4.69, 9.17) is 0 Å². The van der Waals surface area contributed by atoms with Crippen LogP contribution >= 0.6 is 11.8 Å². The molecule has 3 heteroatoms. The number of aliphatic hydroxyl groups is 1. The van der Waals surface area contributed by atoms with Crippen LogP contribution in [0.1, 0.15) is 26.2 Å². The first-order chi connectivity index (χ1) is 6.30. The molecule has 2 heterocycles. The van der Waals surface area contributed by atoms with Gasteiger partial charge in [-0.05, 0) is 31.6 Å². The largest absolute Gasteiger partial charge is 0.394 e. The van der Waals surface area contributed by atoms with Crippen molar-refractivity contribution in [2.45, 2.75) is 37.0 Å². The van der Waals surface area contributed by atoms with E-state index in [-0.39, 0.29) is 5.54 Å². The van der Waals surface area contributed by atoms with Crippen molar-refractivity contribution in [3.8, 4) is 0 Å². The van der Waals surface area contributed by atoms with Crippen LogP contribution in [0.4, 0.5) is 0 Å². The van der Waals surface area contributed by atoms with Crippen LogP contribution in [-0.4, -0.2) is 46.2 Å². The molecule has 2 rings (SSSR count). The second kappa shape index (κ2) is 3.79. The SMILES string of the molecule is CCS[C@H]1CN2CCC[C@]2(CO)C1. The monoisotopic (exact) mass is 201 g/mol. The summed E-state index contributed by atoms with van der Waals surface area (Å²) in [6, 6.07) is 0. The Bertz CT molecular complexity index is 188. The van der Waals surface area contributed by atoms with Crippen LogP contribution in [0.5, 0.6) is 0 Å². The number of fused-ring (bicyclic) bond motifs is 1. The molecule has 2 aliphatic heterocycles. The van der Waals surface area contributed by atoms with Gasteiger partial charge in [0.1, 0.15) is 0 Å².